The molecule has 38 heavy (non-hydrogen) atoms. The maximum absolute atomic E-state index is 15.0. The van der Waals surface area contributed by atoms with E-state index in [9.17, 15) is 18.8 Å². The number of anilines is 1. The normalized spacial score (nSPS) is 15.9. The van der Waals surface area contributed by atoms with Crippen LogP contribution in [0.4, 0.5) is 14.5 Å². The molecule has 4 nitrogen and oxygen atoms in total. The van der Waals surface area contributed by atoms with Crippen molar-refractivity contribution in [3.05, 3.63) is 119 Å². The Labute approximate surface area is 220 Å². The van der Waals surface area contributed by atoms with Crippen LogP contribution < -0.4 is 10.1 Å². The molecule has 1 aliphatic rings. The van der Waals surface area contributed by atoms with Crippen LogP contribution >= 0.6 is 0 Å². The van der Waals surface area contributed by atoms with Crippen LogP contribution in [-0.2, 0) is 11.2 Å². The predicted molar refractivity (Wildman–Crippen MR) is 143 cm³/mol. The smallest absolute Gasteiger partial charge is 0.282 e. The number of amides is 1. The number of carbonyl (C=O) groups excluding carboxylic acids is 1. The molecule has 190 valence electrons. The Morgan fingerprint density at radius 3 is 2.47 bits per heavy atom. The monoisotopic (exact) mass is 508 g/mol. The summed E-state index contributed by atoms with van der Waals surface area (Å²) in [5.74, 6) is -3.82. The summed E-state index contributed by atoms with van der Waals surface area (Å²) in [4.78, 5) is 13.1. The molecule has 0 aromatic heterocycles. The number of hydrogen-bond donors (Lipinski definition) is 1. The molecule has 1 atom stereocenters. The van der Waals surface area contributed by atoms with Gasteiger partial charge in [0.1, 0.15) is 5.75 Å². The maximum Gasteiger partial charge on any atom is 0.282 e. The highest BCUT2D eigenvalue weighted by Gasteiger charge is 2.40. The van der Waals surface area contributed by atoms with E-state index >= 15 is 0 Å². The zero-order chi connectivity index (χ0) is 26.7. The zero-order valence-corrected chi connectivity index (χ0v) is 20.9. The first kappa shape index (κ1) is 25.2. The van der Waals surface area contributed by atoms with E-state index in [0.29, 0.717) is 27.9 Å². The van der Waals surface area contributed by atoms with Gasteiger partial charge in [-0.3, -0.25) is 4.79 Å². The Hall–Kier alpha value is -4.50. The number of benzene rings is 4. The molecule has 1 amide bonds. The molecule has 0 saturated carbocycles. The van der Waals surface area contributed by atoms with Gasteiger partial charge in [0.25, 0.3) is 5.92 Å². The first-order valence-corrected chi connectivity index (χ1v) is 12.4. The van der Waals surface area contributed by atoms with Crippen LogP contribution in [0.2, 0.25) is 0 Å². The zero-order valence-electron chi connectivity index (χ0n) is 20.9. The third-order valence-corrected chi connectivity index (χ3v) is 6.74. The summed E-state index contributed by atoms with van der Waals surface area (Å²) in [7, 11) is 0. The van der Waals surface area contributed by atoms with Gasteiger partial charge in [0.05, 0.1) is 23.7 Å². The van der Waals surface area contributed by atoms with Crippen molar-refractivity contribution in [2.75, 3.05) is 11.9 Å². The summed E-state index contributed by atoms with van der Waals surface area (Å²) < 4.78 is 35.7. The molecule has 1 aliphatic heterocycles. The summed E-state index contributed by atoms with van der Waals surface area (Å²) >= 11 is 0. The first-order valence-electron chi connectivity index (χ1n) is 12.4. The van der Waals surface area contributed by atoms with Crippen molar-refractivity contribution in [3.8, 4) is 22.9 Å². The summed E-state index contributed by atoms with van der Waals surface area (Å²) in [6.07, 6.45) is -0.323. The van der Waals surface area contributed by atoms with Gasteiger partial charge in [-0.2, -0.15) is 5.26 Å². The molecule has 0 bridgehead atoms. The van der Waals surface area contributed by atoms with Crippen LogP contribution in [0.1, 0.15) is 40.2 Å². The van der Waals surface area contributed by atoms with Crippen LogP contribution in [-0.4, -0.2) is 18.4 Å². The molecule has 1 unspecified atom stereocenters. The summed E-state index contributed by atoms with van der Waals surface area (Å²) in [6, 6.07) is 29.6. The number of nitrogens with one attached hydrogen (secondary N) is 1. The fraction of sp³-hybridized carbons (Fsp3) is 0.188. The summed E-state index contributed by atoms with van der Waals surface area (Å²) in [6.45, 7) is 1.18. The predicted octanol–water partition coefficient (Wildman–Crippen LogP) is 7.26. The second-order valence-corrected chi connectivity index (χ2v) is 9.62. The lowest BCUT2D eigenvalue weighted by Crippen LogP contribution is -2.25. The second-order valence-electron chi connectivity index (χ2n) is 9.62. The lowest BCUT2D eigenvalue weighted by molar-refractivity contribution is -0.115. The van der Waals surface area contributed by atoms with Crippen molar-refractivity contribution >= 4 is 11.6 Å². The molecule has 5 rings (SSSR count). The molecule has 0 aliphatic carbocycles. The number of halogens is 2. The fourth-order valence-electron chi connectivity index (χ4n) is 4.87. The number of fused-ring (bicyclic) bond motifs is 1. The van der Waals surface area contributed by atoms with E-state index < -0.39 is 24.9 Å². The largest absolute Gasteiger partial charge is 0.485 e. The molecular weight excluding hydrogens is 482 g/mol. The number of hydrogen-bond acceptors (Lipinski definition) is 3. The quantitative estimate of drug-likeness (QED) is 0.309. The van der Waals surface area contributed by atoms with Crippen LogP contribution in [0.3, 0.4) is 0 Å². The number of nitrogens with zero attached hydrogens (tertiary/aromatic N) is 1. The van der Waals surface area contributed by atoms with Crippen LogP contribution in [0, 0.1) is 18.3 Å². The van der Waals surface area contributed by atoms with Crippen molar-refractivity contribution in [2.24, 2.45) is 0 Å². The van der Waals surface area contributed by atoms with Gasteiger partial charge in [0.15, 0.2) is 6.61 Å². The molecule has 6 heteroatoms. The Morgan fingerprint density at radius 1 is 1.03 bits per heavy atom. The molecule has 1 N–H and O–H groups in total. The van der Waals surface area contributed by atoms with Crippen molar-refractivity contribution in [1.82, 2.24) is 0 Å². The molecule has 4 aromatic carbocycles. The molecule has 0 saturated heterocycles. The number of nitriles is 1. The molecule has 0 radical (unpaired) electrons. The van der Waals surface area contributed by atoms with Crippen molar-refractivity contribution in [2.45, 2.75) is 31.6 Å². The number of aryl methyl sites for hydroxylation is 1. The van der Waals surface area contributed by atoms with Crippen molar-refractivity contribution in [3.63, 3.8) is 0 Å². The Kier molecular flexibility index (Phi) is 6.93. The average Bonchev–Trinajstić information content (AvgIpc) is 3.06. The number of rotatable bonds is 5. The van der Waals surface area contributed by atoms with E-state index in [1.807, 2.05) is 73.7 Å². The van der Waals surface area contributed by atoms with Gasteiger partial charge < -0.3 is 10.1 Å². The third kappa shape index (κ3) is 5.42. The summed E-state index contributed by atoms with van der Waals surface area (Å²) in [5, 5.41) is 12.6. The standard InChI is InChI=1S/C32H26F2N2O2/c1-21-11-13-22(14-12-21)15-30(37)36-29-17-25(26-10-6-5-9-24(26)19-35)16-27-28(23-7-3-2-4-8-23)18-32(33,34)20-38-31(27)29/h2-14,16-17,28H,15,18,20H2,1H3,(H,36,37). The van der Waals surface area contributed by atoms with E-state index in [1.165, 1.54) is 0 Å². The van der Waals surface area contributed by atoms with E-state index in [1.54, 1.807) is 24.3 Å². The lowest BCUT2D eigenvalue weighted by Gasteiger charge is -2.22. The Balaban J connectivity index is 1.64. The van der Waals surface area contributed by atoms with Gasteiger partial charge in [-0.15, -0.1) is 0 Å². The van der Waals surface area contributed by atoms with E-state index in [0.717, 1.165) is 16.7 Å². The molecule has 4 aromatic rings. The highest BCUT2D eigenvalue weighted by molar-refractivity contribution is 5.95. The Bertz CT molecular complexity index is 1510. The minimum absolute atomic E-state index is 0.117. The average molecular weight is 509 g/mol. The SMILES string of the molecule is Cc1ccc(CC(=O)Nc2cc(-c3ccccc3C#N)cc3c2OCC(F)(F)CC3c2ccccc2)cc1. The lowest BCUT2D eigenvalue weighted by atomic mass is 9.84. The van der Waals surface area contributed by atoms with Crippen LogP contribution in [0.15, 0.2) is 91.0 Å². The maximum atomic E-state index is 15.0. The van der Waals surface area contributed by atoms with Gasteiger partial charge in [-0.25, -0.2) is 8.78 Å². The van der Waals surface area contributed by atoms with Gasteiger partial charge in [-0.1, -0.05) is 78.4 Å². The van der Waals surface area contributed by atoms with Crippen LogP contribution in [0.25, 0.3) is 11.1 Å². The van der Waals surface area contributed by atoms with E-state index in [-0.39, 0.29) is 18.1 Å². The Morgan fingerprint density at radius 2 is 1.74 bits per heavy atom. The van der Waals surface area contributed by atoms with Crippen LogP contribution in [0.5, 0.6) is 5.75 Å². The van der Waals surface area contributed by atoms with Crippen molar-refractivity contribution in [1.29, 1.82) is 5.26 Å². The van der Waals surface area contributed by atoms with E-state index in [4.69, 9.17) is 4.74 Å². The third-order valence-electron chi connectivity index (χ3n) is 6.74. The molecule has 0 fully saturated rings. The second kappa shape index (κ2) is 10.5. The molecule has 1 heterocycles. The number of ether oxygens (including phenoxy) is 1. The van der Waals surface area contributed by atoms with E-state index in [2.05, 4.69) is 11.4 Å². The molecular formula is C32H26F2N2O2. The number of carbonyl (C=O) groups is 1. The minimum Gasteiger partial charge on any atom is -0.485 e. The highest BCUT2D eigenvalue weighted by Crippen LogP contribution is 2.47. The van der Waals surface area contributed by atoms with Gasteiger partial charge >= 0.3 is 0 Å². The van der Waals surface area contributed by atoms with Gasteiger partial charge in [-0.05, 0) is 47.4 Å². The number of alkyl halides is 2. The molecule has 0 spiro atoms. The minimum atomic E-state index is -3.08. The summed E-state index contributed by atoms with van der Waals surface area (Å²) in [5.41, 5.74) is 5.23. The fourth-order valence-corrected chi connectivity index (χ4v) is 4.87. The van der Waals surface area contributed by atoms with Gasteiger partial charge in [0, 0.05) is 17.9 Å². The topological polar surface area (TPSA) is 62.1 Å². The van der Waals surface area contributed by atoms with Gasteiger partial charge in [0.2, 0.25) is 5.91 Å². The van der Waals surface area contributed by atoms with Crippen molar-refractivity contribution < 1.29 is 18.3 Å². The first-order chi connectivity index (χ1) is 18.3. The highest BCUT2D eigenvalue weighted by atomic mass is 19.3.